The zero-order valence-corrected chi connectivity index (χ0v) is 15.8. The Hall–Kier alpha value is -1.22. The Morgan fingerprint density at radius 2 is 1.71 bits per heavy atom. The summed E-state index contributed by atoms with van der Waals surface area (Å²) < 4.78 is 5.79. The molecule has 0 saturated heterocycles. The minimum Gasteiger partial charge on any atom is -0.489 e. The van der Waals surface area contributed by atoms with Gasteiger partial charge in [0, 0.05) is 17.1 Å². The summed E-state index contributed by atoms with van der Waals surface area (Å²) in [5, 5.41) is 4.23. The molecule has 0 unspecified atom stereocenters. The Morgan fingerprint density at radius 1 is 0.958 bits per heavy atom. The van der Waals surface area contributed by atoms with Crippen LogP contribution in [0.15, 0.2) is 48.5 Å². The van der Waals surface area contributed by atoms with Crippen LogP contribution in [0.4, 0.5) is 0 Å². The molecule has 0 saturated carbocycles. The fraction of sp³-hybridized carbons (Fsp3) is 0.400. The van der Waals surface area contributed by atoms with Gasteiger partial charge in [0.25, 0.3) is 0 Å². The van der Waals surface area contributed by atoms with E-state index in [9.17, 15) is 0 Å². The van der Waals surface area contributed by atoms with E-state index in [2.05, 4.69) is 24.4 Å². The lowest BCUT2D eigenvalue weighted by atomic mass is 10.2. The van der Waals surface area contributed by atoms with Gasteiger partial charge in [0.1, 0.15) is 12.4 Å². The number of ether oxygens (including phenoxy) is 1. The van der Waals surface area contributed by atoms with Gasteiger partial charge >= 0.3 is 0 Å². The third-order valence-electron chi connectivity index (χ3n) is 3.81. The lowest BCUT2D eigenvalue weighted by Gasteiger charge is -2.09. The molecule has 0 radical (unpaired) electrons. The van der Waals surface area contributed by atoms with Crippen LogP contribution >= 0.6 is 24.0 Å². The van der Waals surface area contributed by atoms with Crippen molar-refractivity contribution in [3.63, 3.8) is 0 Å². The highest BCUT2D eigenvalue weighted by atomic mass is 35.5. The number of nitrogens with one attached hydrogen (secondary N) is 1. The standard InChI is InChI=1S/C20H26ClNO.ClH/c1-2-3-4-7-14-22-15-17-10-12-19(13-11-17)23-16-18-8-5-6-9-20(18)21;/h5-6,8-13,22H,2-4,7,14-16H2,1H3;1H. The maximum Gasteiger partial charge on any atom is 0.119 e. The highest BCUT2D eigenvalue weighted by Gasteiger charge is 2.01. The average molecular weight is 368 g/mol. The SMILES string of the molecule is CCCCCCNCc1ccc(OCc2ccccc2Cl)cc1.Cl. The second-order valence-corrected chi connectivity index (χ2v) is 6.17. The summed E-state index contributed by atoms with van der Waals surface area (Å²) in [5.41, 5.74) is 2.29. The smallest absolute Gasteiger partial charge is 0.119 e. The van der Waals surface area contributed by atoms with Crippen molar-refractivity contribution in [1.29, 1.82) is 0 Å². The van der Waals surface area contributed by atoms with Crippen LogP contribution in [0.2, 0.25) is 5.02 Å². The molecule has 0 atom stereocenters. The highest BCUT2D eigenvalue weighted by Crippen LogP contribution is 2.19. The molecule has 0 heterocycles. The summed E-state index contributed by atoms with van der Waals surface area (Å²) in [6, 6.07) is 16.0. The molecule has 1 N–H and O–H groups in total. The van der Waals surface area contributed by atoms with Crippen molar-refractivity contribution in [1.82, 2.24) is 5.32 Å². The van der Waals surface area contributed by atoms with Gasteiger partial charge in [-0.25, -0.2) is 0 Å². The van der Waals surface area contributed by atoms with Gasteiger partial charge < -0.3 is 10.1 Å². The number of benzene rings is 2. The summed E-state index contributed by atoms with van der Waals surface area (Å²) >= 11 is 6.13. The van der Waals surface area contributed by atoms with E-state index in [1.54, 1.807) is 0 Å². The van der Waals surface area contributed by atoms with Gasteiger partial charge in [-0.05, 0) is 36.7 Å². The van der Waals surface area contributed by atoms with Crippen LogP contribution in [0, 0.1) is 0 Å². The van der Waals surface area contributed by atoms with Crippen molar-refractivity contribution in [2.24, 2.45) is 0 Å². The maximum absolute atomic E-state index is 6.13. The molecule has 0 spiro atoms. The first kappa shape index (κ1) is 20.8. The number of rotatable bonds is 10. The quantitative estimate of drug-likeness (QED) is 0.519. The zero-order chi connectivity index (χ0) is 16.3. The third-order valence-corrected chi connectivity index (χ3v) is 4.18. The molecule has 2 rings (SSSR count). The van der Waals surface area contributed by atoms with Gasteiger partial charge in [-0.2, -0.15) is 0 Å². The minimum atomic E-state index is 0. The Kier molecular flexibility index (Phi) is 10.6. The van der Waals surface area contributed by atoms with Crippen LogP contribution in [-0.2, 0) is 13.2 Å². The Balaban J connectivity index is 0.00000288. The van der Waals surface area contributed by atoms with Gasteiger partial charge in [-0.15, -0.1) is 12.4 Å². The summed E-state index contributed by atoms with van der Waals surface area (Å²) in [5.74, 6) is 0.872. The van der Waals surface area contributed by atoms with Gasteiger partial charge in [0.2, 0.25) is 0 Å². The summed E-state index contributed by atoms with van der Waals surface area (Å²) in [4.78, 5) is 0. The first-order valence-corrected chi connectivity index (χ1v) is 8.83. The van der Waals surface area contributed by atoms with Crippen LogP contribution in [-0.4, -0.2) is 6.54 Å². The molecule has 4 heteroatoms. The zero-order valence-electron chi connectivity index (χ0n) is 14.3. The van der Waals surface area contributed by atoms with Crippen LogP contribution in [0.1, 0.15) is 43.7 Å². The van der Waals surface area contributed by atoms with E-state index in [0.29, 0.717) is 6.61 Å². The second-order valence-electron chi connectivity index (χ2n) is 5.76. The fourth-order valence-electron chi connectivity index (χ4n) is 2.39. The van der Waals surface area contributed by atoms with E-state index in [1.165, 1.54) is 31.2 Å². The summed E-state index contributed by atoms with van der Waals surface area (Å²) in [6.07, 6.45) is 5.19. The van der Waals surface area contributed by atoms with Gasteiger partial charge in [-0.3, -0.25) is 0 Å². The van der Waals surface area contributed by atoms with E-state index in [4.69, 9.17) is 16.3 Å². The monoisotopic (exact) mass is 367 g/mol. The van der Waals surface area contributed by atoms with Crippen molar-refractivity contribution in [2.75, 3.05) is 6.54 Å². The molecule has 0 bridgehead atoms. The summed E-state index contributed by atoms with van der Waals surface area (Å²) in [6.45, 7) is 4.74. The van der Waals surface area contributed by atoms with Crippen molar-refractivity contribution < 1.29 is 4.74 Å². The van der Waals surface area contributed by atoms with E-state index in [0.717, 1.165) is 29.4 Å². The Labute approximate surface area is 157 Å². The normalized spacial score (nSPS) is 10.2. The molecule has 132 valence electrons. The first-order valence-electron chi connectivity index (χ1n) is 8.45. The number of halogens is 2. The van der Waals surface area contributed by atoms with Crippen molar-refractivity contribution in [3.05, 3.63) is 64.7 Å². The third kappa shape index (κ3) is 7.57. The van der Waals surface area contributed by atoms with Crippen molar-refractivity contribution >= 4 is 24.0 Å². The maximum atomic E-state index is 6.13. The molecular formula is C20H27Cl2NO. The lowest BCUT2D eigenvalue weighted by Crippen LogP contribution is -2.14. The molecule has 2 nitrogen and oxygen atoms in total. The molecule has 0 aliphatic rings. The molecule has 0 aromatic heterocycles. The van der Waals surface area contributed by atoms with Crippen LogP contribution < -0.4 is 10.1 Å². The lowest BCUT2D eigenvalue weighted by molar-refractivity contribution is 0.306. The molecule has 0 amide bonds. The van der Waals surface area contributed by atoms with E-state index >= 15 is 0 Å². The van der Waals surface area contributed by atoms with Crippen LogP contribution in [0.25, 0.3) is 0 Å². The fourth-order valence-corrected chi connectivity index (χ4v) is 2.58. The molecule has 24 heavy (non-hydrogen) atoms. The average Bonchev–Trinajstić information content (AvgIpc) is 2.58. The van der Waals surface area contributed by atoms with Crippen LogP contribution in [0.5, 0.6) is 5.75 Å². The number of hydrogen-bond acceptors (Lipinski definition) is 2. The Bertz CT molecular complexity index is 572. The number of hydrogen-bond donors (Lipinski definition) is 1. The molecule has 0 aliphatic carbocycles. The molecule has 2 aromatic carbocycles. The van der Waals surface area contributed by atoms with Gasteiger partial charge in [0.15, 0.2) is 0 Å². The molecular weight excluding hydrogens is 341 g/mol. The highest BCUT2D eigenvalue weighted by molar-refractivity contribution is 6.31. The van der Waals surface area contributed by atoms with E-state index in [-0.39, 0.29) is 12.4 Å². The first-order chi connectivity index (χ1) is 11.3. The Morgan fingerprint density at radius 3 is 2.42 bits per heavy atom. The molecule has 2 aromatic rings. The predicted molar refractivity (Wildman–Crippen MR) is 105 cm³/mol. The largest absolute Gasteiger partial charge is 0.489 e. The van der Waals surface area contributed by atoms with Crippen LogP contribution in [0.3, 0.4) is 0 Å². The molecule has 0 aliphatic heterocycles. The van der Waals surface area contributed by atoms with Crippen molar-refractivity contribution in [2.45, 2.75) is 45.8 Å². The van der Waals surface area contributed by atoms with Gasteiger partial charge in [0.05, 0.1) is 0 Å². The van der Waals surface area contributed by atoms with Gasteiger partial charge in [-0.1, -0.05) is 68.1 Å². The summed E-state index contributed by atoms with van der Waals surface area (Å²) in [7, 11) is 0. The number of unbranched alkanes of at least 4 members (excludes halogenated alkanes) is 3. The second kappa shape index (κ2) is 12.2. The minimum absolute atomic E-state index is 0. The van der Waals surface area contributed by atoms with E-state index in [1.807, 2.05) is 36.4 Å². The van der Waals surface area contributed by atoms with E-state index < -0.39 is 0 Å². The predicted octanol–water partition coefficient (Wildman–Crippen LogP) is 6.01. The molecule has 0 fully saturated rings. The van der Waals surface area contributed by atoms with Crippen molar-refractivity contribution in [3.8, 4) is 5.75 Å². The topological polar surface area (TPSA) is 21.3 Å².